The molecule has 3 aromatic carbocycles. The summed E-state index contributed by atoms with van der Waals surface area (Å²) in [6, 6.07) is 10.6. The number of thiol groups is 1. The zero-order chi connectivity index (χ0) is 22.7. The molecule has 12 heteroatoms. The molecule has 3 aromatic rings. The van der Waals surface area contributed by atoms with Crippen molar-refractivity contribution >= 4 is 46.4 Å². The van der Waals surface area contributed by atoms with Crippen LogP contribution in [0.1, 0.15) is 10.4 Å². The van der Waals surface area contributed by atoms with E-state index in [-0.39, 0.29) is 22.4 Å². The molecule has 0 aliphatic rings. The molecule has 0 atom stereocenters. The lowest BCUT2D eigenvalue weighted by molar-refractivity contribution is 0.102. The van der Waals surface area contributed by atoms with Crippen LogP contribution in [0, 0.1) is 17.5 Å². The highest BCUT2D eigenvalue weighted by atomic mass is 32.2. The molecule has 0 unspecified atom stereocenters. The highest BCUT2D eigenvalue weighted by Crippen LogP contribution is 2.29. The molecule has 0 fully saturated rings. The highest BCUT2D eigenvalue weighted by molar-refractivity contribution is 7.74. The first-order valence-electron chi connectivity index (χ1n) is 8.64. The van der Waals surface area contributed by atoms with E-state index < -0.39 is 47.1 Å². The third kappa shape index (κ3) is 5.05. The molecular formula is C19H14BF3N2O5S. The van der Waals surface area contributed by atoms with Crippen LogP contribution in [0.4, 0.5) is 30.2 Å². The smallest absolute Gasteiger partial charge is 0.423 e. The average Bonchev–Trinajstić information content (AvgIpc) is 2.72. The number of carbonyl (C=O) groups is 1. The number of carbonyl (C=O) groups excluding carboxylic acids is 1. The van der Waals surface area contributed by atoms with Gasteiger partial charge in [-0.3, -0.25) is 4.79 Å². The Balaban J connectivity index is 1.95. The molecular weight excluding hydrogens is 436 g/mol. The second-order valence-electron chi connectivity index (χ2n) is 6.26. The van der Waals surface area contributed by atoms with Crippen molar-refractivity contribution < 1.29 is 36.4 Å². The molecule has 0 bridgehead atoms. The molecule has 0 heterocycles. The van der Waals surface area contributed by atoms with Gasteiger partial charge in [-0.15, -0.1) is 0 Å². The zero-order valence-corrected chi connectivity index (χ0v) is 16.4. The summed E-state index contributed by atoms with van der Waals surface area (Å²) in [6.07, 6.45) is 0. The molecule has 0 saturated carbocycles. The molecule has 0 aliphatic heterocycles. The van der Waals surface area contributed by atoms with Gasteiger partial charge in [-0.05, 0) is 47.9 Å². The summed E-state index contributed by atoms with van der Waals surface area (Å²) in [5, 5.41) is 20.6. The Bertz CT molecular complexity index is 1200. The lowest BCUT2D eigenvalue weighted by atomic mass is 9.80. The molecule has 1 amide bonds. The maximum absolute atomic E-state index is 14.4. The lowest BCUT2D eigenvalue weighted by Crippen LogP contribution is -2.29. The van der Waals surface area contributed by atoms with E-state index in [2.05, 4.69) is 5.32 Å². The van der Waals surface area contributed by atoms with Crippen LogP contribution in [0.15, 0.2) is 60.7 Å². The Morgan fingerprint density at radius 2 is 1.52 bits per heavy atom. The van der Waals surface area contributed by atoms with Gasteiger partial charge in [0.2, 0.25) is 10.9 Å². The molecule has 3 N–H and O–H groups in total. The van der Waals surface area contributed by atoms with Gasteiger partial charge in [-0.2, -0.15) is 0 Å². The number of nitrogens with one attached hydrogen (secondary N) is 1. The Morgan fingerprint density at radius 3 is 2.10 bits per heavy atom. The lowest BCUT2D eigenvalue weighted by Gasteiger charge is -2.19. The molecule has 0 aromatic heterocycles. The Labute approximate surface area is 176 Å². The first-order chi connectivity index (χ1) is 14.7. The van der Waals surface area contributed by atoms with Gasteiger partial charge in [-0.1, -0.05) is 12.1 Å². The van der Waals surface area contributed by atoms with Gasteiger partial charge < -0.3 is 15.4 Å². The molecule has 31 heavy (non-hydrogen) atoms. The van der Waals surface area contributed by atoms with Gasteiger partial charge in [0.05, 0.1) is 11.4 Å². The predicted octanol–water partition coefficient (Wildman–Crippen LogP) is 1.70. The fraction of sp³-hybridized carbons (Fsp3) is 0. The molecule has 7 nitrogen and oxygen atoms in total. The van der Waals surface area contributed by atoms with Gasteiger partial charge in [0, 0.05) is 17.3 Å². The average molecular weight is 450 g/mol. The summed E-state index contributed by atoms with van der Waals surface area (Å²) >= 11 is 0. The maximum atomic E-state index is 14.4. The third-order valence-corrected chi connectivity index (χ3v) is 4.99. The van der Waals surface area contributed by atoms with Crippen LogP contribution in [0.3, 0.4) is 0 Å². The van der Waals surface area contributed by atoms with E-state index in [1.807, 2.05) is 0 Å². The van der Waals surface area contributed by atoms with Gasteiger partial charge in [0.1, 0.15) is 5.82 Å². The van der Waals surface area contributed by atoms with Crippen LogP contribution >= 0.6 is 0 Å². The van der Waals surface area contributed by atoms with Crippen LogP contribution in [-0.2, 0) is 10.9 Å². The first-order valence-corrected chi connectivity index (χ1v) is 9.77. The van der Waals surface area contributed by atoms with Crippen LogP contribution in [0.25, 0.3) is 0 Å². The van der Waals surface area contributed by atoms with E-state index in [9.17, 15) is 26.4 Å². The van der Waals surface area contributed by atoms with Crippen molar-refractivity contribution in [3.05, 3.63) is 83.7 Å². The van der Waals surface area contributed by atoms with Gasteiger partial charge in [0.25, 0.3) is 5.91 Å². The normalized spacial score (nSPS) is 10.8. The van der Waals surface area contributed by atoms with Crippen molar-refractivity contribution in [2.24, 2.45) is 0 Å². The monoisotopic (exact) mass is 450 g/mol. The minimum atomic E-state index is -3.40. The number of hydrogen-bond acceptors (Lipinski definition) is 5. The number of rotatable bonds is 6. The minimum Gasteiger partial charge on any atom is -0.423 e. The maximum Gasteiger partial charge on any atom is 0.488 e. The van der Waals surface area contributed by atoms with E-state index in [1.54, 1.807) is 0 Å². The van der Waals surface area contributed by atoms with Crippen molar-refractivity contribution in [3.63, 3.8) is 0 Å². The van der Waals surface area contributed by atoms with E-state index in [1.165, 1.54) is 24.3 Å². The number of amides is 1. The van der Waals surface area contributed by atoms with Crippen molar-refractivity contribution in [2.45, 2.75) is 0 Å². The summed E-state index contributed by atoms with van der Waals surface area (Å²) in [4.78, 5) is 12.4. The van der Waals surface area contributed by atoms with Crippen molar-refractivity contribution in [3.8, 4) is 0 Å². The van der Waals surface area contributed by atoms with Gasteiger partial charge in [0.15, 0.2) is 11.6 Å². The number of halogens is 3. The number of anilines is 3. The summed E-state index contributed by atoms with van der Waals surface area (Å²) in [7, 11) is -5.17. The SMILES string of the molecule is O=C(Nc1ccc(F)c(F)c1)c1ccc(F)c(N(c2ccc(B(O)O)cc2)[SH](=O)=O)c1. The topological polar surface area (TPSA) is 107 Å². The third-order valence-electron chi connectivity index (χ3n) is 4.21. The van der Waals surface area contributed by atoms with E-state index in [4.69, 9.17) is 10.0 Å². The summed E-state index contributed by atoms with van der Waals surface area (Å²) in [5.74, 6) is -4.04. The summed E-state index contributed by atoms with van der Waals surface area (Å²) in [5.41, 5.74) is -0.598. The van der Waals surface area contributed by atoms with Crippen LogP contribution < -0.4 is 15.1 Å². The van der Waals surface area contributed by atoms with E-state index in [0.717, 1.165) is 36.4 Å². The largest absolute Gasteiger partial charge is 0.488 e. The molecule has 3 rings (SSSR count). The molecule has 0 radical (unpaired) electrons. The Morgan fingerprint density at radius 1 is 0.871 bits per heavy atom. The van der Waals surface area contributed by atoms with E-state index in [0.29, 0.717) is 4.31 Å². The molecule has 0 aliphatic carbocycles. The Kier molecular flexibility index (Phi) is 6.63. The molecule has 160 valence electrons. The van der Waals surface area contributed by atoms with E-state index >= 15 is 0 Å². The van der Waals surface area contributed by atoms with Crippen molar-refractivity contribution in [1.82, 2.24) is 0 Å². The number of hydrogen-bond donors (Lipinski definition) is 4. The van der Waals surface area contributed by atoms with Crippen molar-refractivity contribution in [2.75, 3.05) is 9.62 Å². The zero-order valence-electron chi connectivity index (χ0n) is 15.5. The first kappa shape index (κ1) is 22.3. The second-order valence-corrected chi connectivity index (χ2v) is 7.14. The minimum absolute atomic E-state index is 0.0161. The quantitative estimate of drug-likeness (QED) is 0.338. The fourth-order valence-corrected chi connectivity index (χ4v) is 3.35. The number of nitrogens with zero attached hydrogens (tertiary/aromatic N) is 1. The summed E-state index contributed by atoms with van der Waals surface area (Å²) < 4.78 is 65.1. The second kappa shape index (κ2) is 9.21. The van der Waals surface area contributed by atoms with Crippen LogP contribution in [0.2, 0.25) is 0 Å². The Hall–Kier alpha value is -3.35. The van der Waals surface area contributed by atoms with Crippen LogP contribution in [0.5, 0.6) is 0 Å². The predicted molar refractivity (Wildman–Crippen MR) is 109 cm³/mol. The summed E-state index contributed by atoms with van der Waals surface area (Å²) in [6.45, 7) is 0. The standard InChI is InChI=1S/C19H14BF3N2O5S/c21-15-8-4-13(10-17(15)23)24-19(26)11-1-7-16(22)18(9-11)25(31(29)30)14-5-2-12(3-6-14)20(27)28/h1-10,27-28,31H,(H,24,26). The molecule has 0 spiro atoms. The fourth-order valence-electron chi connectivity index (χ4n) is 2.70. The van der Waals surface area contributed by atoms with Gasteiger partial charge >= 0.3 is 7.12 Å². The number of benzene rings is 3. The van der Waals surface area contributed by atoms with Crippen molar-refractivity contribution in [1.29, 1.82) is 0 Å². The highest BCUT2D eigenvalue weighted by Gasteiger charge is 2.20. The van der Waals surface area contributed by atoms with Gasteiger partial charge in [-0.25, -0.2) is 25.9 Å². The molecule has 0 saturated heterocycles. The van der Waals surface area contributed by atoms with Crippen LogP contribution in [-0.4, -0.2) is 31.5 Å².